The second-order valence-electron chi connectivity index (χ2n) is 3.84. The molecule has 0 radical (unpaired) electrons. The van der Waals surface area contributed by atoms with E-state index in [-0.39, 0.29) is 0 Å². The van der Waals surface area contributed by atoms with Gasteiger partial charge in [0.25, 0.3) is 0 Å². The van der Waals surface area contributed by atoms with E-state index in [1.165, 1.54) is 4.88 Å². The smallest absolute Gasteiger partial charge is 0.166 e. The number of benzene rings is 1. The first kappa shape index (κ1) is 12.1. The number of halogens is 1. The molecule has 2 aromatic heterocycles. The lowest BCUT2D eigenvalue weighted by atomic mass is 10.3. The molecule has 0 aliphatic carbocycles. The van der Waals surface area contributed by atoms with E-state index in [0.717, 1.165) is 32.1 Å². The Morgan fingerprint density at radius 1 is 1.39 bits per heavy atom. The Kier molecular flexibility index (Phi) is 3.32. The monoisotopic (exact) mass is 339 g/mol. The third kappa shape index (κ3) is 2.55. The summed E-state index contributed by atoms with van der Waals surface area (Å²) in [5.41, 5.74) is 8.45. The summed E-state index contributed by atoms with van der Waals surface area (Å²) in [5.74, 6) is 0.922. The summed E-state index contributed by atoms with van der Waals surface area (Å²) in [6.45, 7) is 0. The second-order valence-corrected chi connectivity index (χ2v) is 6.71. The van der Waals surface area contributed by atoms with Gasteiger partial charge in [-0.1, -0.05) is 11.8 Å². The van der Waals surface area contributed by atoms with E-state index < -0.39 is 0 Å². The van der Waals surface area contributed by atoms with Crippen LogP contribution in [0.25, 0.3) is 11.0 Å². The lowest BCUT2D eigenvalue weighted by Crippen LogP contribution is -1.82. The van der Waals surface area contributed by atoms with E-state index in [4.69, 9.17) is 5.73 Å². The van der Waals surface area contributed by atoms with Crippen LogP contribution in [0.3, 0.4) is 0 Å². The Morgan fingerprint density at radius 3 is 3.06 bits per heavy atom. The molecule has 0 saturated heterocycles. The Bertz CT molecular complexity index is 690. The molecule has 0 saturated carbocycles. The normalized spacial score (nSPS) is 11.2. The molecule has 2 heterocycles. The van der Waals surface area contributed by atoms with Crippen LogP contribution in [0.15, 0.2) is 39.3 Å². The van der Waals surface area contributed by atoms with Gasteiger partial charge in [-0.05, 0) is 40.2 Å². The number of nitrogens with two attached hydrogens (primary N) is 1. The molecule has 92 valence electrons. The lowest BCUT2D eigenvalue weighted by molar-refractivity contribution is 1.08. The van der Waals surface area contributed by atoms with Gasteiger partial charge in [-0.3, -0.25) is 0 Å². The number of thioether (sulfide) groups is 1. The molecule has 0 amide bonds. The fraction of sp³-hybridized carbons (Fsp3) is 0.0833. The molecule has 0 spiro atoms. The number of nitrogens with zero attached hydrogens (tertiary/aromatic N) is 1. The van der Waals surface area contributed by atoms with Crippen LogP contribution in [0.5, 0.6) is 0 Å². The highest BCUT2D eigenvalue weighted by Gasteiger charge is 2.05. The topological polar surface area (TPSA) is 54.7 Å². The average Bonchev–Trinajstić information content (AvgIpc) is 2.92. The molecule has 0 atom stereocenters. The van der Waals surface area contributed by atoms with Crippen molar-refractivity contribution < 1.29 is 0 Å². The van der Waals surface area contributed by atoms with Gasteiger partial charge < -0.3 is 10.7 Å². The Labute approximate surface area is 121 Å². The van der Waals surface area contributed by atoms with Crippen molar-refractivity contribution in [2.24, 2.45) is 0 Å². The van der Waals surface area contributed by atoms with Crippen molar-refractivity contribution in [3.63, 3.8) is 0 Å². The Balaban J connectivity index is 1.78. The van der Waals surface area contributed by atoms with Crippen molar-refractivity contribution in [3.05, 3.63) is 39.0 Å². The van der Waals surface area contributed by atoms with Crippen LogP contribution in [-0.4, -0.2) is 9.97 Å². The van der Waals surface area contributed by atoms with Gasteiger partial charge in [0.1, 0.15) is 0 Å². The van der Waals surface area contributed by atoms with E-state index in [9.17, 15) is 0 Å². The minimum absolute atomic E-state index is 0.755. The van der Waals surface area contributed by atoms with Gasteiger partial charge in [0.2, 0.25) is 0 Å². The van der Waals surface area contributed by atoms with Crippen LogP contribution in [0, 0.1) is 0 Å². The number of H-pyrrole nitrogens is 1. The molecule has 3 nitrogen and oxygen atoms in total. The van der Waals surface area contributed by atoms with Gasteiger partial charge >= 0.3 is 0 Å². The van der Waals surface area contributed by atoms with Crippen molar-refractivity contribution in [2.75, 3.05) is 5.73 Å². The summed E-state index contributed by atoms with van der Waals surface area (Å²) < 4.78 is 1.14. The summed E-state index contributed by atoms with van der Waals surface area (Å²) in [6, 6.07) is 7.85. The van der Waals surface area contributed by atoms with Crippen LogP contribution in [0.4, 0.5) is 5.69 Å². The molecule has 0 aliphatic rings. The number of rotatable bonds is 3. The fourth-order valence-corrected chi connectivity index (χ4v) is 4.03. The van der Waals surface area contributed by atoms with Gasteiger partial charge in [-0.15, -0.1) is 11.3 Å². The van der Waals surface area contributed by atoms with Crippen LogP contribution < -0.4 is 5.73 Å². The van der Waals surface area contributed by atoms with E-state index in [0.29, 0.717) is 0 Å². The minimum Gasteiger partial charge on any atom is -0.399 e. The number of aromatic nitrogens is 2. The largest absolute Gasteiger partial charge is 0.399 e. The predicted octanol–water partition coefficient (Wildman–Crippen LogP) is 4.26. The Morgan fingerprint density at radius 2 is 2.28 bits per heavy atom. The van der Waals surface area contributed by atoms with Gasteiger partial charge in [0.15, 0.2) is 5.16 Å². The molecule has 3 rings (SSSR count). The zero-order valence-corrected chi connectivity index (χ0v) is 12.5. The molecule has 0 aliphatic heterocycles. The van der Waals surface area contributed by atoms with Crippen LogP contribution >= 0.6 is 39.0 Å². The number of imidazole rings is 1. The highest BCUT2D eigenvalue weighted by Crippen LogP contribution is 2.28. The van der Waals surface area contributed by atoms with Crippen molar-refractivity contribution in [1.29, 1.82) is 0 Å². The first-order valence-corrected chi connectivity index (χ1v) is 7.97. The van der Waals surface area contributed by atoms with Crippen molar-refractivity contribution >= 4 is 55.7 Å². The van der Waals surface area contributed by atoms with Gasteiger partial charge in [0, 0.05) is 26.2 Å². The number of nitrogen functional groups attached to an aromatic ring is 1. The van der Waals surface area contributed by atoms with E-state index in [1.54, 1.807) is 23.1 Å². The standard InChI is InChI=1S/C12H10BrN3S2/c13-7-3-9(17-5-7)6-18-12-15-10-2-1-8(14)4-11(10)16-12/h1-5H,6,14H2,(H,15,16). The quantitative estimate of drug-likeness (QED) is 0.553. The number of thiophene rings is 1. The van der Waals surface area contributed by atoms with E-state index in [1.807, 2.05) is 18.2 Å². The number of hydrogen-bond donors (Lipinski definition) is 2. The summed E-state index contributed by atoms with van der Waals surface area (Å²) >= 11 is 6.91. The highest BCUT2D eigenvalue weighted by atomic mass is 79.9. The van der Waals surface area contributed by atoms with Crippen LogP contribution in [0.1, 0.15) is 4.88 Å². The lowest BCUT2D eigenvalue weighted by Gasteiger charge is -1.93. The summed E-state index contributed by atoms with van der Waals surface area (Å²) in [6.07, 6.45) is 0. The van der Waals surface area contributed by atoms with E-state index in [2.05, 4.69) is 37.3 Å². The number of nitrogens with one attached hydrogen (secondary N) is 1. The molecule has 0 bridgehead atoms. The summed E-state index contributed by atoms with van der Waals surface area (Å²) in [5, 5.41) is 3.02. The van der Waals surface area contributed by atoms with Crippen molar-refractivity contribution in [1.82, 2.24) is 9.97 Å². The average molecular weight is 340 g/mol. The zero-order valence-electron chi connectivity index (χ0n) is 9.31. The summed E-state index contributed by atoms with van der Waals surface area (Å²) in [7, 11) is 0. The van der Waals surface area contributed by atoms with Gasteiger partial charge in [-0.2, -0.15) is 0 Å². The van der Waals surface area contributed by atoms with Crippen LogP contribution in [0.2, 0.25) is 0 Å². The van der Waals surface area contributed by atoms with Crippen molar-refractivity contribution in [3.8, 4) is 0 Å². The van der Waals surface area contributed by atoms with Gasteiger partial charge in [-0.25, -0.2) is 4.98 Å². The maximum absolute atomic E-state index is 5.74. The minimum atomic E-state index is 0.755. The zero-order chi connectivity index (χ0) is 12.5. The molecule has 1 aromatic carbocycles. The SMILES string of the molecule is Nc1ccc2nc(SCc3cc(Br)cs3)[nH]c2c1. The van der Waals surface area contributed by atoms with Crippen LogP contribution in [-0.2, 0) is 5.75 Å². The molecule has 0 unspecified atom stereocenters. The third-order valence-corrected chi connectivity index (χ3v) is 5.26. The highest BCUT2D eigenvalue weighted by molar-refractivity contribution is 9.10. The maximum Gasteiger partial charge on any atom is 0.166 e. The first-order chi connectivity index (χ1) is 8.70. The number of hydrogen-bond acceptors (Lipinski definition) is 4. The molecule has 3 N–H and O–H groups in total. The molecule has 0 fully saturated rings. The van der Waals surface area contributed by atoms with E-state index >= 15 is 0 Å². The number of fused-ring (bicyclic) bond motifs is 1. The molecular formula is C12H10BrN3S2. The second kappa shape index (κ2) is 4.95. The fourth-order valence-electron chi connectivity index (χ4n) is 1.64. The molecular weight excluding hydrogens is 330 g/mol. The molecule has 18 heavy (non-hydrogen) atoms. The molecule has 6 heteroatoms. The molecule has 3 aromatic rings. The first-order valence-electron chi connectivity index (χ1n) is 5.32. The Hall–Kier alpha value is -0.980. The third-order valence-electron chi connectivity index (χ3n) is 2.46. The summed E-state index contributed by atoms with van der Waals surface area (Å²) in [4.78, 5) is 9.12. The predicted molar refractivity (Wildman–Crippen MR) is 82.1 cm³/mol. The van der Waals surface area contributed by atoms with Crippen molar-refractivity contribution in [2.45, 2.75) is 10.9 Å². The number of aromatic amines is 1. The number of anilines is 1. The maximum atomic E-state index is 5.74. The van der Waals surface area contributed by atoms with Gasteiger partial charge in [0.05, 0.1) is 11.0 Å².